The summed E-state index contributed by atoms with van der Waals surface area (Å²) < 4.78 is 40.5. The van der Waals surface area contributed by atoms with Gasteiger partial charge in [0, 0.05) is 11.7 Å². The van der Waals surface area contributed by atoms with E-state index in [1.165, 1.54) is 30.8 Å². The number of hydrogen-bond acceptors (Lipinski definition) is 4. The minimum Gasteiger partial charge on any atom is -0.325 e. The first kappa shape index (κ1) is 18.3. The van der Waals surface area contributed by atoms with E-state index in [1.807, 2.05) is 18.4 Å². The van der Waals surface area contributed by atoms with Gasteiger partial charge in [-0.3, -0.25) is 4.79 Å². The number of benzene rings is 1. The lowest BCUT2D eigenvalue weighted by atomic mass is 10.1. The number of anilines is 1. The number of nitrogens with zero attached hydrogens (tertiary/aromatic N) is 3. The fraction of sp³-hybridized carbons (Fsp3) is 0.400. The van der Waals surface area contributed by atoms with Gasteiger partial charge in [0.15, 0.2) is 5.16 Å². The monoisotopic (exact) mass is 358 g/mol. The van der Waals surface area contributed by atoms with Crippen LogP contribution in [0, 0.1) is 6.92 Å². The Kier molecular flexibility index (Phi) is 5.53. The molecule has 2 rings (SSSR count). The summed E-state index contributed by atoms with van der Waals surface area (Å²) >= 11 is 1.18. The quantitative estimate of drug-likeness (QED) is 0.823. The van der Waals surface area contributed by atoms with Crippen LogP contribution in [0.5, 0.6) is 0 Å². The van der Waals surface area contributed by atoms with Crippen LogP contribution in [0.3, 0.4) is 0 Å². The number of aromatic nitrogens is 3. The van der Waals surface area contributed by atoms with Gasteiger partial charge in [-0.25, -0.2) is 0 Å². The molecule has 0 radical (unpaired) electrons. The van der Waals surface area contributed by atoms with Gasteiger partial charge in [0.2, 0.25) is 5.91 Å². The molecule has 0 unspecified atom stereocenters. The van der Waals surface area contributed by atoms with Gasteiger partial charge in [-0.05, 0) is 38.5 Å². The van der Waals surface area contributed by atoms with E-state index < -0.39 is 17.6 Å². The average Bonchev–Trinajstić information content (AvgIpc) is 2.94. The number of halogens is 3. The highest BCUT2D eigenvalue weighted by Crippen LogP contribution is 2.33. The fourth-order valence-electron chi connectivity index (χ4n) is 2.02. The molecule has 1 amide bonds. The van der Waals surface area contributed by atoms with Crippen LogP contribution in [-0.2, 0) is 11.0 Å². The predicted octanol–water partition coefficient (Wildman–Crippen LogP) is 3.92. The zero-order chi connectivity index (χ0) is 17.9. The molecule has 0 aliphatic heterocycles. The van der Waals surface area contributed by atoms with Crippen molar-refractivity contribution >= 4 is 23.4 Å². The number of amides is 1. The number of aryl methyl sites for hydroxylation is 1. The molecule has 1 heterocycles. The van der Waals surface area contributed by atoms with Crippen LogP contribution in [0.1, 0.15) is 31.0 Å². The SMILES string of the molecule is Cc1ccc(NC(=O)CSc2nncn2C(C)C)cc1C(F)(F)F. The summed E-state index contributed by atoms with van der Waals surface area (Å²) in [4.78, 5) is 12.0. The summed E-state index contributed by atoms with van der Waals surface area (Å²) in [5, 5.41) is 10.8. The number of carbonyl (C=O) groups excluding carboxylic acids is 1. The van der Waals surface area contributed by atoms with E-state index in [9.17, 15) is 18.0 Å². The number of nitrogens with one attached hydrogen (secondary N) is 1. The van der Waals surface area contributed by atoms with Crippen molar-refractivity contribution < 1.29 is 18.0 Å². The van der Waals surface area contributed by atoms with E-state index in [0.717, 1.165) is 6.07 Å². The fourth-order valence-corrected chi connectivity index (χ4v) is 2.87. The molecule has 5 nitrogen and oxygen atoms in total. The largest absolute Gasteiger partial charge is 0.416 e. The van der Waals surface area contributed by atoms with Gasteiger partial charge in [0.1, 0.15) is 6.33 Å². The summed E-state index contributed by atoms with van der Waals surface area (Å²) in [6.45, 7) is 5.29. The Bertz CT molecular complexity index is 728. The van der Waals surface area contributed by atoms with Crippen molar-refractivity contribution in [3.8, 4) is 0 Å². The molecule has 0 atom stereocenters. The summed E-state index contributed by atoms with van der Waals surface area (Å²) in [7, 11) is 0. The van der Waals surface area contributed by atoms with Crippen molar-refractivity contribution in [3.05, 3.63) is 35.7 Å². The summed E-state index contributed by atoms with van der Waals surface area (Å²) in [5.41, 5.74) is -0.531. The van der Waals surface area contributed by atoms with Crippen molar-refractivity contribution in [1.29, 1.82) is 0 Å². The maximum absolute atomic E-state index is 12.9. The predicted molar refractivity (Wildman–Crippen MR) is 85.9 cm³/mol. The van der Waals surface area contributed by atoms with Crippen molar-refractivity contribution in [2.24, 2.45) is 0 Å². The Balaban J connectivity index is 2.01. The van der Waals surface area contributed by atoms with Crippen LogP contribution >= 0.6 is 11.8 Å². The molecule has 2 aromatic rings. The second kappa shape index (κ2) is 7.25. The first-order valence-corrected chi connectivity index (χ1v) is 8.17. The third-order valence-corrected chi connectivity index (χ3v) is 4.21. The minimum atomic E-state index is -4.45. The van der Waals surface area contributed by atoms with E-state index in [0.29, 0.717) is 5.16 Å². The van der Waals surface area contributed by atoms with Crippen LogP contribution in [0.2, 0.25) is 0 Å². The molecule has 130 valence electrons. The van der Waals surface area contributed by atoms with Gasteiger partial charge >= 0.3 is 6.18 Å². The topological polar surface area (TPSA) is 59.8 Å². The standard InChI is InChI=1S/C15H17F3N4OS/c1-9(2)22-8-19-21-14(22)24-7-13(23)20-11-5-4-10(3)12(6-11)15(16,17)18/h4-6,8-9H,7H2,1-3H3,(H,20,23). The molecule has 1 aromatic carbocycles. The van der Waals surface area contributed by atoms with Crippen LogP contribution in [0.25, 0.3) is 0 Å². The molecule has 1 N–H and O–H groups in total. The molecular formula is C15H17F3N4OS. The van der Waals surface area contributed by atoms with Crippen molar-refractivity contribution in [1.82, 2.24) is 14.8 Å². The van der Waals surface area contributed by atoms with Gasteiger partial charge in [0.25, 0.3) is 0 Å². The second-order valence-electron chi connectivity index (χ2n) is 5.48. The lowest BCUT2D eigenvalue weighted by Gasteiger charge is -2.13. The number of carbonyl (C=O) groups is 1. The highest BCUT2D eigenvalue weighted by atomic mass is 32.2. The zero-order valence-electron chi connectivity index (χ0n) is 13.4. The normalized spacial score (nSPS) is 11.8. The number of thioether (sulfide) groups is 1. The lowest BCUT2D eigenvalue weighted by molar-refractivity contribution is -0.138. The Morgan fingerprint density at radius 2 is 2.08 bits per heavy atom. The minimum absolute atomic E-state index is 0.0284. The van der Waals surface area contributed by atoms with Crippen LogP contribution < -0.4 is 5.32 Å². The number of alkyl halides is 3. The maximum Gasteiger partial charge on any atom is 0.416 e. The molecule has 0 saturated heterocycles. The number of hydrogen-bond donors (Lipinski definition) is 1. The molecular weight excluding hydrogens is 341 g/mol. The molecule has 0 fully saturated rings. The average molecular weight is 358 g/mol. The lowest BCUT2D eigenvalue weighted by Crippen LogP contribution is -2.16. The van der Waals surface area contributed by atoms with E-state index >= 15 is 0 Å². The molecule has 0 aliphatic carbocycles. The second-order valence-corrected chi connectivity index (χ2v) is 6.42. The molecule has 24 heavy (non-hydrogen) atoms. The number of rotatable bonds is 5. The Morgan fingerprint density at radius 3 is 2.71 bits per heavy atom. The first-order valence-electron chi connectivity index (χ1n) is 7.18. The molecule has 9 heteroatoms. The van der Waals surface area contributed by atoms with Gasteiger partial charge in [-0.1, -0.05) is 17.8 Å². The Labute approximate surface area is 141 Å². The summed E-state index contributed by atoms with van der Waals surface area (Å²) in [6.07, 6.45) is -2.88. The summed E-state index contributed by atoms with van der Waals surface area (Å²) in [5.74, 6) is -0.379. The van der Waals surface area contributed by atoms with E-state index in [1.54, 1.807) is 6.33 Å². The molecule has 0 aliphatic rings. The highest BCUT2D eigenvalue weighted by molar-refractivity contribution is 7.99. The highest BCUT2D eigenvalue weighted by Gasteiger charge is 2.32. The van der Waals surface area contributed by atoms with E-state index in [4.69, 9.17) is 0 Å². The van der Waals surface area contributed by atoms with Crippen LogP contribution in [0.4, 0.5) is 18.9 Å². The first-order chi connectivity index (χ1) is 11.2. The van der Waals surface area contributed by atoms with Crippen molar-refractivity contribution in [2.75, 3.05) is 11.1 Å². The van der Waals surface area contributed by atoms with Crippen LogP contribution in [0.15, 0.2) is 29.7 Å². The van der Waals surface area contributed by atoms with Crippen LogP contribution in [-0.4, -0.2) is 26.4 Å². The van der Waals surface area contributed by atoms with Crippen molar-refractivity contribution in [2.45, 2.75) is 38.1 Å². The zero-order valence-corrected chi connectivity index (χ0v) is 14.2. The Hall–Kier alpha value is -2.03. The Morgan fingerprint density at radius 1 is 1.38 bits per heavy atom. The molecule has 0 saturated carbocycles. The third-order valence-electron chi connectivity index (χ3n) is 3.26. The van der Waals surface area contributed by atoms with E-state index in [-0.39, 0.29) is 23.0 Å². The molecule has 1 aromatic heterocycles. The van der Waals surface area contributed by atoms with Gasteiger partial charge in [0.05, 0.1) is 11.3 Å². The van der Waals surface area contributed by atoms with E-state index in [2.05, 4.69) is 15.5 Å². The van der Waals surface area contributed by atoms with Gasteiger partial charge < -0.3 is 9.88 Å². The van der Waals surface area contributed by atoms with Gasteiger partial charge in [-0.2, -0.15) is 13.2 Å². The smallest absolute Gasteiger partial charge is 0.325 e. The van der Waals surface area contributed by atoms with Crippen molar-refractivity contribution in [3.63, 3.8) is 0 Å². The maximum atomic E-state index is 12.9. The molecule has 0 bridgehead atoms. The summed E-state index contributed by atoms with van der Waals surface area (Å²) in [6, 6.07) is 3.87. The van der Waals surface area contributed by atoms with Gasteiger partial charge in [-0.15, -0.1) is 10.2 Å². The molecule has 0 spiro atoms. The third kappa shape index (κ3) is 4.50.